The van der Waals surface area contributed by atoms with Gasteiger partial charge < -0.3 is 10.0 Å². The Morgan fingerprint density at radius 2 is 2.21 bits per heavy atom. The molecule has 5 heteroatoms. The van der Waals surface area contributed by atoms with E-state index in [-0.39, 0.29) is 5.92 Å². The van der Waals surface area contributed by atoms with E-state index in [1.165, 1.54) is 0 Å². The summed E-state index contributed by atoms with van der Waals surface area (Å²) in [6, 6.07) is 1.74. The van der Waals surface area contributed by atoms with Gasteiger partial charge in [-0.2, -0.15) is 0 Å². The molecular weight excluding hydrogens is 182 g/mol. The van der Waals surface area contributed by atoms with Crippen LogP contribution in [0.15, 0.2) is 18.5 Å². The van der Waals surface area contributed by atoms with Gasteiger partial charge >= 0.3 is 5.97 Å². The van der Waals surface area contributed by atoms with E-state index in [1.54, 1.807) is 18.5 Å². The topological polar surface area (TPSA) is 66.3 Å². The van der Waals surface area contributed by atoms with Gasteiger partial charge in [0.15, 0.2) is 0 Å². The summed E-state index contributed by atoms with van der Waals surface area (Å²) in [6.07, 6.45) is 4.00. The molecule has 5 nitrogen and oxygen atoms in total. The van der Waals surface area contributed by atoms with Crippen LogP contribution in [0.2, 0.25) is 0 Å². The van der Waals surface area contributed by atoms with Gasteiger partial charge in [0, 0.05) is 25.5 Å². The van der Waals surface area contributed by atoms with Crippen LogP contribution in [-0.2, 0) is 4.79 Å². The monoisotopic (exact) mass is 193 g/mol. The Morgan fingerprint density at radius 3 is 2.79 bits per heavy atom. The standard InChI is InChI=1S/C9H11N3O2/c13-8(14)7-2-5-12(6-7)9-10-3-1-4-11-9/h1,3-4,7H,2,5-6H2,(H,13,14)/t7-/m0/s1. The van der Waals surface area contributed by atoms with Crippen molar-refractivity contribution in [1.82, 2.24) is 9.97 Å². The molecule has 0 saturated carbocycles. The van der Waals surface area contributed by atoms with E-state index in [2.05, 4.69) is 9.97 Å². The van der Waals surface area contributed by atoms with Crippen LogP contribution in [-0.4, -0.2) is 34.1 Å². The fraction of sp³-hybridized carbons (Fsp3) is 0.444. The minimum atomic E-state index is -0.733. The number of carbonyl (C=O) groups is 1. The Hall–Kier alpha value is -1.65. The third-order valence-electron chi connectivity index (χ3n) is 2.37. The predicted octanol–water partition coefficient (Wildman–Crippen LogP) is 0.387. The number of carboxylic acids is 1. The third-order valence-corrected chi connectivity index (χ3v) is 2.37. The SMILES string of the molecule is O=C(O)[C@H]1CCN(c2ncccn2)C1. The molecule has 1 fully saturated rings. The molecule has 0 aliphatic carbocycles. The Bertz CT molecular complexity index is 328. The van der Waals surface area contributed by atoms with Crippen molar-refractivity contribution in [1.29, 1.82) is 0 Å². The normalized spacial score (nSPS) is 21.1. The number of rotatable bonds is 2. The molecule has 14 heavy (non-hydrogen) atoms. The highest BCUT2D eigenvalue weighted by molar-refractivity contribution is 5.71. The maximum absolute atomic E-state index is 10.7. The number of hydrogen-bond acceptors (Lipinski definition) is 4. The maximum atomic E-state index is 10.7. The molecule has 1 aliphatic rings. The molecule has 1 aromatic rings. The highest BCUT2D eigenvalue weighted by Crippen LogP contribution is 2.19. The zero-order valence-electron chi connectivity index (χ0n) is 7.63. The fourth-order valence-corrected chi connectivity index (χ4v) is 1.60. The molecule has 1 saturated heterocycles. The summed E-state index contributed by atoms with van der Waals surface area (Å²) in [6.45, 7) is 1.24. The lowest BCUT2D eigenvalue weighted by Gasteiger charge is -2.14. The van der Waals surface area contributed by atoms with Gasteiger partial charge in [-0.05, 0) is 12.5 Å². The first-order valence-electron chi connectivity index (χ1n) is 4.52. The van der Waals surface area contributed by atoms with Crippen molar-refractivity contribution in [3.63, 3.8) is 0 Å². The van der Waals surface area contributed by atoms with Gasteiger partial charge in [-0.1, -0.05) is 0 Å². The van der Waals surface area contributed by atoms with E-state index in [9.17, 15) is 4.79 Å². The Morgan fingerprint density at radius 1 is 1.50 bits per heavy atom. The molecule has 0 amide bonds. The van der Waals surface area contributed by atoms with E-state index in [0.29, 0.717) is 18.9 Å². The van der Waals surface area contributed by atoms with Crippen molar-refractivity contribution in [2.24, 2.45) is 5.92 Å². The number of carboxylic acid groups (broad SMARTS) is 1. The average Bonchev–Trinajstić information content (AvgIpc) is 2.68. The number of hydrogen-bond donors (Lipinski definition) is 1. The van der Waals surface area contributed by atoms with Gasteiger partial charge in [0.2, 0.25) is 5.95 Å². The van der Waals surface area contributed by atoms with Crippen molar-refractivity contribution in [2.45, 2.75) is 6.42 Å². The van der Waals surface area contributed by atoms with E-state index in [1.807, 2.05) is 4.90 Å². The van der Waals surface area contributed by atoms with Gasteiger partial charge in [0.1, 0.15) is 0 Å². The lowest BCUT2D eigenvalue weighted by Crippen LogP contribution is -2.24. The molecule has 1 aliphatic heterocycles. The minimum Gasteiger partial charge on any atom is -0.481 e. The molecule has 1 N–H and O–H groups in total. The molecule has 2 rings (SSSR count). The first-order valence-corrected chi connectivity index (χ1v) is 4.52. The van der Waals surface area contributed by atoms with E-state index < -0.39 is 5.97 Å². The lowest BCUT2D eigenvalue weighted by molar-refractivity contribution is -0.140. The minimum absolute atomic E-state index is 0.279. The molecule has 0 aromatic carbocycles. The van der Waals surface area contributed by atoms with Crippen molar-refractivity contribution < 1.29 is 9.90 Å². The Balaban J connectivity index is 2.06. The molecule has 0 spiro atoms. The fourth-order valence-electron chi connectivity index (χ4n) is 1.60. The summed E-state index contributed by atoms with van der Waals surface area (Å²) >= 11 is 0. The van der Waals surface area contributed by atoms with Crippen LogP contribution in [0.4, 0.5) is 5.95 Å². The number of aromatic nitrogens is 2. The number of aliphatic carboxylic acids is 1. The molecule has 1 aromatic heterocycles. The highest BCUT2D eigenvalue weighted by atomic mass is 16.4. The van der Waals surface area contributed by atoms with Crippen molar-refractivity contribution >= 4 is 11.9 Å². The summed E-state index contributed by atoms with van der Waals surface area (Å²) in [5, 5.41) is 8.81. The molecule has 0 bridgehead atoms. The van der Waals surface area contributed by atoms with Gasteiger partial charge in [0.25, 0.3) is 0 Å². The van der Waals surface area contributed by atoms with Crippen LogP contribution in [0.1, 0.15) is 6.42 Å². The first kappa shape index (κ1) is 8.93. The van der Waals surface area contributed by atoms with Crippen LogP contribution in [0.5, 0.6) is 0 Å². The molecule has 2 heterocycles. The van der Waals surface area contributed by atoms with Crippen molar-refractivity contribution in [3.8, 4) is 0 Å². The quantitative estimate of drug-likeness (QED) is 0.735. The van der Waals surface area contributed by atoms with Crippen LogP contribution >= 0.6 is 0 Å². The molecule has 74 valence electrons. The second-order valence-electron chi connectivity index (χ2n) is 3.32. The molecule has 0 unspecified atom stereocenters. The highest BCUT2D eigenvalue weighted by Gasteiger charge is 2.28. The number of anilines is 1. The summed E-state index contributed by atoms with van der Waals surface area (Å²) in [7, 11) is 0. The lowest BCUT2D eigenvalue weighted by atomic mass is 10.1. The average molecular weight is 193 g/mol. The van der Waals surface area contributed by atoms with E-state index >= 15 is 0 Å². The van der Waals surface area contributed by atoms with E-state index in [0.717, 1.165) is 6.54 Å². The zero-order chi connectivity index (χ0) is 9.97. The molecule has 0 radical (unpaired) electrons. The van der Waals surface area contributed by atoms with Gasteiger partial charge in [-0.15, -0.1) is 0 Å². The Labute approximate surface area is 81.4 Å². The van der Waals surface area contributed by atoms with Gasteiger partial charge in [0.05, 0.1) is 5.92 Å². The number of nitrogens with zero attached hydrogens (tertiary/aromatic N) is 3. The summed E-state index contributed by atoms with van der Waals surface area (Å²) in [5.74, 6) is -0.390. The van der Waals surface area contributed by atoms with Crippen LogP contribution in [0, 0.1) is 5.92 Å². The summed E-state index contributed by atoms with van der Waals surface area (Å²) < 4.78 is 0. The van der Waals surface area contributed by atoms with E-state index in [4.69, 9.17) is 5.11 Å². The molecule has 1 atom stereocenters. The zero-order valence-corrected chi connectivity index (χ0v) is 7.63. The second kappa shape index (κ2) is 3.61. The second-order valence-corrected chi connectivity index (χ2v) is 3.32. The first-order chi connectivity index (χ1) is 6.77. The predicted molar refractivity (Wildman–Crippen MR) is 50.0 cm³/mol. The largest absolute Gasteiger partial charge is 0.481 e. The smallest absolute Gasteiger partial charge is 0.308 e. The maximum Gasteiger partial charge on any atom is 0.308 e. The van der Waals surface area contributed by atoms with Crippen LogP contribution in [0.25, 0.3) is 0 Å². The Kier molecular flexibility index (Phi) is 2.30. The van der Waals surface area contributed by atoms with Gasteiger partial charge in [-0.25, -0.2) is 9.97 Å². The van der Waals surface area contributed by atoms with Gasteiger partial charge in [-0.3, -0.25) is 4.79 Å². The van der Waals surface area contributed by atoms with Crippen molar-refractivity contribution in [3.05, 3.63) is 18.5 Å². The molecular formula is C9H11N3O2. The van der Waals surface area contributed by atoms with Crippen LogP contribution < -0.4 is 4.90 Å². The summed E-state index contributed by atoms with van der Waals surface area (Å²) in [4.78, 5) is 20.8. The third kappa shape index (κ3) is 1.66. The van der Waals surface area contributed by atoms with Crippen LogP contribution in [0.3, 0.4) is 0 Å². The van der Waals surface area contributed by atoms with Crippen molar-refractivity contribution in [2.75, 3.05) is 18.0 Å². The summed E-state index contributed by atoms with van der Waals surface area (Å²) in [5.41, 5.74) is 0.